The summed E-state index contributed by atoms with van der Waals surface area (Å²) in [6.07, 6.45) is 0. The van der Waals surface area contributed by atoms with Crippen molar-refractivity contribution < 1.29 is 8.78 Å². The summed E-state index contributed by atoms with van der Waals surface area (Å²) in [4.78, 5) is 0. The van der Waals surface area contributed by atoms with Gasteiger partial charge in [-0.15, -0.1) is 0 Å². The van der Waals surface area contributed by atoms with E-state index >= 15 is 0 Å². The largest absolute Gasteiger partial charge is 0.354 e. The standard InChI is InChI=1S/C14H7F2N3/c15-11-1-4-14(10(5-11)8-18)19-12-2-3-13(16)9(6-12)7-17/h1-6,19H. The van der Waals surface area contributed by atoms with E-state index in [-0.39, 0.29) is 11.1 Å². The fourth-order valence-electron chi connectivity index (χ4n) is 1.56. The Labute approximate surface area is 108 Å². The number of hydrogen-bond acceptors (Lipinski definition) is 3. The van der Waals surface area contributed by atoms with Gasteiger partial charge < -0.3 is 5.32 Å². The third kappa shape index (κ3) is 2.67. The Hall–Kier alpha value is -2.92. The molecule has 92 valence electrons. The first-order chi connectivity index (χ1) is 9.13. The zero-order valence-corrected chi connectivity index (χ0v) is 9.61. The second kappa shape index (κ2) is 5.16. The normalized spacial score (nSPS) is 9.47. The van der Waals surface area contributed by atoms with Crippen molar-refractivity contribution in [3.05, 3.63) is 59.2 Å². The van der Waals surface area contributed by atoms with Gasteiger partial charge in [0.15, 0.2) is 0 Å². The molecule has 0 aromatic heterocycles. The van der Waals surface area contributed by atoms with Crippen molar-refractivity contribution in [3.63, 3.8) is 0 Å². The van der Waals surface area contributed by atoms with Gasteiger partial charge in [-0.25, -0.2) is 8.78 Å². The van der Waals surface area contributed by atoms with Crippen LogP contribution in [0.15, 0.2) is 36.4 Å². The molecule has 0 amide bonds. The molecule has 0 spiro atoms. The highest BCUT2D eigenvalue weighted by Crippen LogP contribution is 2.22. The molecule has 0 fully saturated rings. The van der Waals surface area contributed by atoms with E-state index in [4.69, 9.17) is 10.5 Å². The SMILES string of the molecule is N#Cc1cc(Nc2ccc(F)cc2C#N)ccc1F. The van der Waals surface area contributed by atoms with Crippen LogP contribution in [-0.4, -0.2) is 0 Å². The quantitative estimate of drug-likeness (QED) is 0.894. The lowest BCUT2D eigenvalue weighted by Crippen LogP contribution is -1.96. The van der Waals surface area contributed by atoms with Gasteiger partial charge in [0.2, 0.25) is 0 Å². The smallest absolute Gasteiger partial charge is 0.141 e. The van der Waals surface area contributed by atoms with Crippen LogP contribution in [0.3, 0.4) is 0 Å². The van der Waals surface area contributed by atoms with Crippen LogP contribution in [0.5, 0.6) is 0 Å². The number of rotatable bonds is 2. The van der Waals surface area contributed by atoms with Gasteiger partial charge in [0, 0.05) is 5.69 Å². The van der Waals surface area contributed by atoms with E-state index in [0.29, 0.717) is 11.4 Å². The second-order valence-corrected chi connectivity index (χ2v) is 3.73. The van der Waals surface area contributed by atoms with Crippen molar-refractivity contribution in [2.24, 2.45) is 0 Å². The van der Waals surface area contributed by atoms with Crippen molar-refractivity contribution in [2.45, 2.75) is 0 Å². The maximum Gasteiger partial charge on any atom is 0.141 e. The Bertz CT molecular complexity index is 712. The molecule has 0 saturated carbocycles. The summed E-state index contributed by atoms with van der Waals surface area (Å²) in [5.41, 5.74) is 0.855. The van der Waals surface area contributed by atoms with Crippen LogP contribution < -0.4 is 5.32 Å². The minimum Gasteiger partial charge on any atom is -0.354 e. The number of anilines is 2. The third-order valence-corrected chi connectivity index (χ3v) is 2.47. The Morgan fingerprint density at radius 2 is 1.63 bits per heavy atom. The molecule has 0 aliphatic carbocycles. The van der Waals surface area contributed by atoms with E-state index in [2.05, 4.69) is 5.32 Å². The van der Waals surface area contributed by atoms with Gasteiger partial charge in [-0.3, -0.25) is 0 Å². The van der Waals surface area contributed by atoms with Gasteiger partial charge in [-0.2, -0.15) is 10.5 Å². The van der Waals surface area contributed by atoms with Crippen molar-refractivity contribution in [1.29, 1.82) is 10.5 Å². The average Bonchev–Trinajstić information content (AvgIpc) is 2.42. The first-order valence-electron chi connectivity index (χ1n) is 5.30. The first-order valence-corrected chi connectivity index (χ1v) is 5.30. The highest BCUT2D eigenvalue weighted by Gasteiger charge is 2.06. The second-order valence-electron chi connectivity index (χ2n) is 3.73. The molecule has 3 nitrogen and oxygen atoms in total. The summed E-state index contributed by atoms with van der Waals surface area (Å²) in [5.74, 6) is -1.13. The summed E-state index contributed by atoms with van der Waals surface area (Å²) in [6.45, 7) is 0. The fourth-order valence-corrected chi connectivity index (χ4v) is 1.56. The molecule has 2 rings (SSSR count). The maximum absolute atomic E-state index is 13.2. The number of nitrogens with one attached hydrogen (secondary N) is 1. The molecule has 0 radical (unpaired) electrons. The van der Waals surface area contributed by atoms with Gasteiger partial charge in [-0.05, 0) is 36.4 Å². The molecule has 0 aliphatic heterocycles. The van der Waals surface area contributed by atoms with Crippen LogP contribution in [-0.2, 0) is 0 Å². The summed E-state index contributed by atoms with van der Waals surface area (Å²) in [7, 11) is 0. The van der Waals surface area contributed by atoms with Crippen LogP contribution in [0, 0.1) is 34.3 Å². The zero-order chi connectivity index (χ0) is 13.8. The van der Waals surface area contributed by atoms with Crippen molar-refractivity contribution in [3.8, 4) is 12.1 Å². The van der Waals surface area contributed by atoms with Crippen molar-refractivity contribution in [1.82, 2.24) is 0 Å². The molecule has 1 N–H and O–H groups in total. The number of hydrogen-bond donors (Lipinski definition) is 1. The van der Waals surface area contributed by atoms with Gasteiger partial charge in [-0.1, -0.05) is 0 Å². The van der Waals surface area contributed by atoms with E-state index in [1.807, 2.05) is 6.07 Å². The number of benzene rings is 2. The van der Waals surface area contributed by atoms with Gasteiger partial charge in [0.05, 0.1) is 16.8 Å². The lowest BCUT2D eigenvalue weighted by atomic mass is 10.1. The Morgan fingerprint density at radius 3 is 2.32 bits per heavy atom. The zero-order valence-electron chi connectivity index (χ0n) is 9.61. The molecule has 0 unspecified atom stereocenters. The van der Waals surface area contributed by atoms with Crippen LogP contribution in [0.1, 0.15) is 11.1 Å². The molecule has 5 heteroatoms. The maximum atomic E-state index is 13.2. The van der Waals surface area contributed by atoms with Crippen molar-refractivity contribution >= 4 is 11.4 Å². The van der Waals surface area contributed by atoms with Crippen molar-refractivity contribution in [2.75, 3.05) is 5.32 Å². The first kappa shape index (κ1) is 12.5. The predicted octanol–water partition coefficient (Wildman–Crippen LogP) is 3.45. The topological polar surface area (TPSA) is 59.6 Å². The molecule has 0 bridgehead atoms. The summed E-state index contributed by atoms with van der Waals surface area (Å²) < 4.78 is 26.1. The average molecular weight is 255 g/mol. The molecular weight excluding hydrogens is 248 g/mol. The van der Waals surface area contributed by atoms with Crippen LogP contribution in [0.2, 0.25) is 0 Å². The van der Waals surface area contributed by atoms with Crippen LogP contribution in [0.25, 0.3) is 0 Å². The van der Waals surface area contributed by atoms with Crippen LogP contribution >= 0.6 is 0 Å². The Morgan fingerprint density at radius 1 is 0.895 bits per heavy atom. The minimum atomic E-state index is -0.618. The Balaban J connectivity index is 2.37. The van der Waals surface area contributed by atoms with E-state index in [1.165, 1.54) is 24.3 Å². The molecule has 0 aliphatic rings. The predicted molar refractivity (Wildman–Crippen MR) is 65.5 cm³/mol. The molecule has 19 heavy (non-hydrogen) atoms. The molecule has 2 aromatic carbocycles. The molecular formula is C14H7F2N3. The summed E-state index contributed by atoms with van der Waals surface area (Å²) in [5, 5.41) is 20.5. The highest BCUT2D eigenvalue weighted by atomic mass is 19.1. The molecule has 0 heterocycles. The van der Waals surface area contributed by atoms with E-state index in [9.17, 15) is 8.78 Å². The van der Waals surface area contributed by atoms with E-state index in [0.717, 1.165) is 12.1 Å². The Kier molecular flexibility index (Phi) is 3.40. The van der Waals surface area contributed by atoms with Gasteiger partial charge in [0.1, 0.15) is 23.8 Å². The monoisotopic (exact) mass is 255 g/mol. The molecule has 0 saturated heterocycles. The lowest BCUT2D eigenvalue weighted by molar-refractivity contribution is 0.624. The molecule has 2 aromatic rings. The van der Waals surface area contributed by atoms with Gasteiger partial charge in [0.25, 0.3) is 0 Å². The number of nitrogens with zero attached hydrogens (tertiary/aromatic N) is 2. The summed E-state index contributed by atoms with van der Waals surface area (Å²) >= 11 is 0. The highest BCUT2D eigenvalue weighted by molar-refractivity contribution is 5.67. The number of halogens is 2. The lowest BCUT2D eigenvalue weighted by Gasteiger charge is -2.08. The summed E-state index contributed by atoms with van der Waals surface area (Å²) in [6, 6.07) is 11.2. The molecule has 0 atom stereocenters. The number of nitriles is 2. The van der Waals surface area contributed by atoms with E-state index in [1.54, 1.807) is 6.07 Å². The van der Waals surface area contributed by atoms with E-state index < -0.39 is 11.6 Å². The third-order valence-electron chi connectivity index (χ3n) is 2.47. The minimum absolute atomic E-state index is 0.106. The van der Waals surface area contributed by atoms with Gasteiger partial charge >= 0.3 is 0 Å². The van der Waals surface area contributed by atoms with Crippen LogP contribution in [0.4, 0.5) is 20.2 Å². The fraction of sp³-hybridized carbons (Fsp3) is 0.